The molecular formula is C34H40N4O5. The van der Waals surface area contributed by atoms with Crippen molar-refractivity contribution in [3.05, 3.63) is 76.9 Å². The van der Waals surface area contributed by atoms with Gasteiger partial charge in [-0.3, -0.25) is 24.0 Å². The van der Waals surface area contributed by atoms with Crippen LogP contribution in [0.25, 0.3) is 6.08 Å². The Kier molecular flexibility index (Phi) is 9.69. The Bertz CT molecular complexity index is 1400. The van der Waals surface area contributed by atoms with Gasteiger partial charge in [0.1, 0.15) is 6.04 Å². The van der Waals surface area contributed by atoms with E-state index in [1.165, 1.54) is 0 Å². The van der Waals surface area contributed by atoms with Crippen LogP contribution < -0.4 is 21.3 Å². The normalized spacial score (nSPS) is 21.1. The van der Waals surface area contributed by atoms with Crippen molar-refractivity contribution in [2.75, 3.05) is 6.54 Å². The molecule has 0 aromatic heterocycles. The third kappa shape index (κ3) is 7.39. The zero-order valence-electron chi connectivity index (χ0n) is 24.6. The molecule has 0 bridgehead atoms. The average molecular weight is 585 g/mol. The van der Waals surface area contributed by atoms with Gasteiger partial charge < -0.3 is 21.3 Å². The monoisotopic (exact) mass is 584 g/mol. The smallest absolute Gasteiger partial charge is 0.289 e. The molecule has 43 heavy (non-hydrogen) atoms. The Labute approximate surface area is 252 Å². The number of Topliss-reactive ketones (excluding diaryl/α,β-unsaturated/α-hetero) is 1. The summed E-state index contributed by atoms with van der Waals surface area (Å²) in [6.07, 6.45) is 7.25. The SMILES string of the molecule is CC1C(C(=O)N[C@@H](Cc2ccccc2)C(=O)N[C@@H](C[C@@H]2CCNC2=O)C(=O)C(=O)NC2CCCCC2)=Cc2ccccc21. The lowest BCUT2D eigenvalue weighted by Gasteiger charge is -2.26. The number of nitrogens with one attached hydrogen (secondary N) is 4. The van der Waals surface area contributed by atoms with Crippen LogP contribution in [0.15, 0.2) is 60.2 Å². The van der Waals surface area contributed by atoms with Gasteiger partial charge >= 0.3 is 0 Å². The Morgan fingerprint density at radius 2 is 1.60 bits per heavy atom. The first-order valence-corrected chi connectivity index (χ1v) is 15.4. The van der Waals surface area contributed by atoms with E-state index in [1.807, 2.05) is 67.6 Å². The van der Waals surface area contributed by atoms with E-state index < -0.39 is 35.6 Å². The van der Waals surface area contributed by atoms with Crippen LogP contribution in [0, 0.1) is 5.92 Å². The molecule has 4 N–H and O–H groups in total. The number of carbonyl (C=O) groups excluding carboxylic acids is 5. The van der Waals surface area contributed by atoms with E-state index in [-0.39, 0.29) is 36.6 Å². The van der Waals surface area contributed by atoms with Gasteiger partial charge in [0, 0.05) is 36.4 Å². The van der Waals surface area contributed by atoms with Crippen LogP contribution in [0.2, 0.25) is 0 Å². The summed E-state index contributed by atoms with van der Waals surface area (Å²) in [6, 6.07) is 14.8. The number of hydrogen-bond acceptors (Lipinski definition) is 5. The highest BCUT2D eigenvalue weighted by Gasteiger charge is 2.37. The molecule has 1 saturated heterocycles. The summed E-state index contributed by atoms with van der Waals surface area (Å²) in [4.78, 5) is 66.3. The van der Waals surface area contributed by atoms with Crippen molar-refractivity contribution in [3.63, 3.8) is 0 Å². The van der Waals surface area contributed by atoms with Crippen LogP contribution in [-0.2, 0) is 30.4 Å². The number of rotatable bonds is 11. The molecule has 0 spiro atoms. The molecule has 0 radical (unpaired) electrons. The molecule has 9 nitrogen and oxygen atoms in total. The van der Waals surface area contributed by atoms with Gasteiger partial charge in [-0.15, -0.1) is 0 Å². The highest BCUT2D eigenvalue weighted by atomic mass is 16.2. The molecule has 2 aliphatic carbocycles. The Morgan fingerprint density at radius 1 is 0.884 bits per heavy atom. The fourth-order valence-corrected chi connectivity index (χ4v) is 6.38. The standard InChI is InChI=1S/C34H40N4O5/c1-21-26-15-9-8-12-23(26)19-27(21)32(41)38-29(18-22-10-4-2-5-11-22)33(42)37-28(20-24-16-17-35-31(24)40)30(39)34(43)36-25-13-6-3-7-14-25/h2,4-5,8-12,15,19,21,24-25,28-29H,3,6-7,13-14,16-18,20H2,1H3,(H,35,40)(H,36,43)(H,37,42)(H,38,41)/t21?,24-,28-,29-/m0/s1. The summed E-state index contributed by atoms with van der Waals surface area (Å²) in [5.41, 5.74) is 3.39. The van der Waals surface area contributed by atoms with Gasteiger partial charge in [0.05, 0.1) is 6.04 Å². The van der Waals surface area contributed by atoms with Crippen molar-refractivity contribution < 1.29 is 24.0 Å². The molecule has 9 heteroatoms. The second kappa shape index (κ2) is 13.8. The van der Waals surface area contributed by atoms with Crippen LogP contribution in [0.5, 0.6) is 0 Å². The van der Waals surface area contributed by atoms with Crippen molar-refractivity contribution in [3.8, 4) is 0 Å². The van der Waals surface area contributed by atoms with Gasteiger partial charge in [0.15, 0.2) is 0 Å². The van der Waals surface area contributed by atoms with Crippen molar-refractivity contribution in [1.82, 2.24) is 21.3 Å². The summed E-state index contributed by atoms with van der Waals surface area (Å²) in [6.45, 7) is 2.44. The van der Waals surface area contributed by atoms with Gasteiger partial charge in [-0.2, -0.15) is 0 Å². The number of carbonyl (C=O) groups is 5. The largest absolute Gasteiger partial charge is 0.356 e. The fourth-order valence-electron chi connectivity index (χ4n) is 6.38. The fraction of sp³-hybridized carbons (Fsp3) is 0.441. The van der Waals surface area contributed by atoms with E-state index in [2.05, 4.69) is 21.3 Å². The van der Waals surface area contributed by atoms with Gasteiger partial charge in [0.25, 0.3) is 5.91 Å². The first-order chi connectivity index (χ1) is 20.8. The molecule has 4 amide bonds. The Balaban J connectivity index is 1.34. The van der Waals surface area contributed by atoms with Crippen LogP contribution in [-0.4, -0.2) is 54.1 Å². The topological polar surface area (TPSA) is 133 Å². The first kappa shape index (κ1) is 30.2. The van der Waals surface area contributed by atoms with Crippen LogP contribution in [0.1, 0.15) is 74.5 Å². The molecule has 1 heterocycles. The number of benzene rings is 2. The number of fused-ring (bicyclic) bond motifs is 1. The molecule has 2 fully saturated rings. The van der Waals surface area contributed by atoms with Gasteiger partial charge in [-0.05, 0) is 48.4 Å². The maximum atomic E-state index is 13.9. The summed E-state index contributed by atoms with van der Waals surface area (Å²) < 4.78 is 0. The van der Waals surface area contributed by atoms with Crippen molar-refractivity contribution in [1.29, 1.82) is 0 Å². The Morgan fingerprint density at radius 3 is 2.30 bits per heavy atom. The Hall–Kier alpha value is -4.27. The second-order valence-electron chi connectivity index (χ2n) is 11.9. The van der Waals surface area contributed by atoms with Gasteiger partial charge in [-0.25, -0.2) is 0 Å². The second-order valence-corrected chi connectivity index (χ2v) is 11.9. The predicted molar refractivity (Wildman–Crippen MR) is 163 cm³/mol. The molecule has 2 aromatic rings. The molecular weight excluding hydrogens is 544 g/mol. The van der Waals surface area contributed by atoms with Crippen molar-refractivity contribution in [2.24, 2.45) is 5.92 Å². The minimum Gasteiger partial charge on any atom is -0.356 e. The maximum absolute atomic E-state index is 13.9. The zero-order chi connectivity index (χ0) is 30.3. The lowest BCUT2D eigenvalue weighted by atomic mass is 9.93. The molecule has 4 atom stereocenters. The molecule has 1 unspecified atom stereocenters. The van der Waals surface area contributed by atoms with E-state index in [0.717, 1.165) is 48.8 Å². The van der Waals surface area contributed by atoms with E-state index >= 15 is 0 Å². The summed E-state index contributed by atoms with van der Waals surface area (Å²) in [5.74, 6) is -3.31. The minimum atomic E-state index is -1.20. The summed E-state index contributed by atoms with van der Waals surface area (Å²) in [5, 5.41) is 11.3. The quantitative estimate of drug-likeness (QED) is 0.302. The molecule has 5 rings (SSSR count). The van der Waals surface area contributed by atoms with E-state index in [0.29, 0.717) is 18.5 Å². The minimum absolute atomic E-state index is 0.0119. The molecule has 3 aliphatic rings. The third-order valence-corrected chi connectivity index (χ3v) is 8.89. The van der Waals surface area contributed by atoms with Crippen LogP contribution >= 0.6 is 0 Å². The van der Waals surface area contributed by atoms with E-state index in [9.17, 15) is 24.0 Å². The predicted octanol–water partition coefficient (Wildman–Crippen LogP) is 2.94. The van der Waals surface area contributed by atoms with Crippen LogP contribution in [0.3, 0.4) is 0 Å². The number of amides is 4. The van der Waals surface area contributed by atoms with Gasteiger partial charge in [0.2, 0.25) is 23.5 Å². The third-order valence-electron chi connectivity index (χ3n) is 8.89. The lowest BCUT2D eigenvalue weighted by Crippen LogP contribution is -2.56. The first-order valence-electron chi connectivity index (χ1n) is 15.4. The number of ketones is 1. The highest BCUT2D eigenvalue weighted by Crippen LogP contribution is 2.35. The van der Waals surface area contributed by atoms with Crippen molar-refractivity contribution >= 4 is 35.5 Å². The average Bonchev–Trinajstić information content (AvgIpc) is 3.59. The summed E-state index contributed by atoms with van der Waals surface area (Å²) >= 11 is 0. The number of hydrogen-bond donors (Lipinski definition) is 4. The van der Waals surface area contributed by atoms with Crippen LogP contribution in [0.4, 0.5) is 0 Å². The molecule has 2 aromatic carbocycles. The summed E-state index contributed by atoms with van der Waals surface area (Å²) in [7, 11) is 0. The van der Waals surface area contributed by atoms with E-state index in [4.69, 9.17) is 0 Å². The van der Waals surface area contributed by atoms with E-state index in [1.54, 1.807) is 0 Å². The van der Waals surface area contributed by atoms with Gasteiger partial charge in [-0.1, -0.05) is 80.8 Å². The maximum Gasteiger partial charge on any atom is 0.289 e. The lowest BCUT2D eigenvalue weighted by molar-refractivity contribution is -0.141. The zero-order valence-corrected chi connectivity index (χ0v) is 24.6. The molecule has 1 saturated carbocycles. The highest BCUT2D eigenvalue weighted by molar-refractivity contribution is 6.38. The molecule has 226 valence electrons. The van der Waals surface area contributed by atoms with Crippen molar-refractivity contribution in [2.45, 2.75) is 82.3 Å². The molecule has 1 aliphatic heterocycles.